The molecule has 140 valence electrons. The standard InChI is InChI=1S/C19H31FN4O/c1-3-19(4-2,15-21)18(25)22-9-10-23-11-13-24(14-12-23)17-7-5-16(20)6-8-17/h5-8H,3-4,9-15,21H2,1-2H3,(H,22,25). The van der Waals surface area contributed by atoms with Gasteiger partial charge in [-0.15, -0.1) is 0 Å². The molecule has 0 atom stereocenters. The van der Waals surface area contributed by atoms with Crippen molar-refractivity contribution in [3.8, 4) is 0 Å². The highest BCUT2D eigenvalue weighted by Crippen LogP contribution is 2.24. The summed E-state index contributed by atoms with van der Waals surface area (Å²) in [6, 6.07) is 6.66. The van der Waals surface area contributed by atoms with Crippen molar-refractivity contribution in [1.82, 2.24) is 10.2 Å². The molecule has 1 heterocycles. The third kappa shape index (κ3) is 4.92. The van der Waals surface area contributed by atoms with Crippen LogP contribution in [0.3, 0.4) is 0 Å². The molecule has 25 heavy (non-hydrogen) atoms. The molecule has 0 radical (unpaired) electrons. The van der Waals surface area contributed by atoms with E-state index in [1.54, 1.807) is 0 Å². The minimum atomic E-state index is -0.429. The van der Waals surface area contributed by atoms with Crippen LogP contribution >= 0.6 is 0 Å². The van der Waals surface area contributed by atoms with E-state index in [1.807, 2.05) is 26.0 Å². The first-order chi connectivity index (χ1) is 12.0. The molecule has 0 aromatic heterocycles. The van der Waals surface area contributed by atoms with E-state index in [1.165, 1.54) is 12.1 Å². The van der Waals surface area contributed by atoms with Crippen LogP contribution in [0.4, 0.5) is 10.1 Å². The smallest absolute Gasteiger partial charge is 0.227 e. The Bertz CT molecular complexity index is 529. The molecule has 0 bridgehead atoms. The van der Waals surface area contributed by atoms with Crippen LogP contribution in [-0.4, -0.2) is 56.6 Å². The zero-order valence-electron chi connectivity index (χ0n) is 15.4. The third-order valence-electron chi connectivity index (χ3n) is 5.50. The maximum atomic E-state index is 13.0. The largest absolute Gasteiger partial charge is 0.369 e. The molecular formula is C19H31FN4O. The number of amides is 1. The average Bonchev–Trinajstić information content (AvgIpc) is 2.65. The van der Waals surface area contributed by atoms with Crippen LogP contribution in [0, 0.1) is 11.2 Å². The molecule has 3 N–H and O–H groups in total. The number of nitrogens with two attached hydrogens (primary N) is 1. The fourth-order valence-corrected chi connectivity index (χ4v) is 3.35. The van der Waals surface area contributed by atoms with Crippen LogP contribution in [0.25, 0.3) is 0 Å². The summed E-state index contributed by atoms with van der Waals surface area (Å²) < 4.78 is 13.0. The Morgan fingerprint density at radius 3 is 2.28 bits per heavy atom. The summed E-state index contributed by atoms with van der Waals surface area (Å²) in [4.78, 5) is 17.0. The molecule has 0 aliphatic carbocycles. The number of carbonyl (C=O) groups excluding carboxylic acids is 1. The van der Waals surface area contributed by atoms with E-state index in [4.69, 9.17) is 5.73 Å². The first-order valence-corrected chi connectivity index (χ1v) is 9.26. The van der Waals surface area contributed by atoms with Crippen molar-refractivity contribution < 1.29 is 9.18 Å². The summed E-state index contributed by atoms with van der Waals surface area (Å²) in [5, 5.41) is 3.06. The number of piperazine rings is 1. The second-order valence-corrected chi connectivity index (χ2v) is 6.75. The highest BCUT2D eigenvalue weighted by Gasteiger charge is 2.33. The molecule has 6 heteroatoms. The zero-order chi connectivity index (χ0) is 18.3. The maximum absolute atomic E-state index is 13.0. The third-order valence-corrected chi connectivity index (χ3v) is 5.50. The van der Waals surface area contributed by atoms with Crippen LogP contribution in [0.1, 0.15) is 26.7 Å². The van der Waals surface area contributed by atoms with Gasteiger partial charge in [-0.3, -0.25) is 9.69 Å². The number of nitrogens with zero attached hydrogens (tertiary/aromatic N) is 2. The van der Waals surface area contributed by atoms with Crippen LogP contribution in [-0.2, 0) is 4.79 Å². The molecule has 5 nitrogen and oxygen atoms in total. The topological polar surface area (TPSA) is 61.6 Å². The fourth-order valence-electron chi connectivity index (χ4n) is 3.35. The Labute approximate surface area is 150 Å². The van der Waals surface area contributed by atoms with Gasteiger partial charge in [0, 0.05) is 51.5 Å². The predicted molar refractivity (Wildman–Crippen MR) is 100 cm³/mol. The van der Waals surface area contributed by atoms with E-state index in [2.05, 4.69) is 15.1 Å². The number of hydrogen-bond donors (Lipinski definition) is 2. The van der Waals surface area contributed by atoms with Crippen molar-refractivity contribution in [2.75, 3.05) is 50.7 Å². The lowest BCUT2D eigenvalue weighted by Crippen LogP contribution is -2.50. The molecule has 0 saturated carbocycles. The summed E-state index contributed by atoms with van der Waals surface area (Å²) >= 11 is 0. The molecule has 0 spiro atoms. The number of carbonyl (C=O) groups is 1. The van der Waals surface area contributed by atoms with E-state index in [0.717, 1.165) is 51.3 Å². The van der Waals surface area contributed by atoms with Crippen molar-refractivity contribution in [2.45, 2.75) is 26.7 Å². The molecule has 1 aliphatic heterocycles. The molecule has 1 amide bonds. The second kappa shape index (κ2) is 9.15. The number of nitrogens with one attached hydrogen (secondary N) is 1. The van der Waals surface area contributed by atoms with Gasteiger partial charge in [0.15, 0.2) is 0 Å². The molecule has 1 saturated heterocycles. The van der Waals surface area contributed by atoms with E-state index in [0.29, 0.717) is 13.1 Å². The van der Waals surface area contributed by atoms with E-state index in [-0.39, 0.29) is 11.7 Å². The lowest BCUT2D eigenvalue weighted by atomic mass is 9.81. The summed E-state index contributed by atoms with van der Waals surface area (Å²) in [6.07, 6.45) is 1.53. The van der Waals surface area contributed by atoms with E-state index < -0.39 is 5.41 Å². The Kier molecular flexibility index (Phi) is 7.20. The van der Waals surface area contributed by atoms with E-state index >= 15 is 0 Å². The van der Waals surface area contributed by atoms with Gasteiger partial charge >= 0.3 is 0 Å². The van der Waals surface area contributed by atoms with Crippen molar-refractivity contribution in [2.24, 2.45) is 11.1 Å². The van der Waals surface area contributed by atoms with Crippen LogP contribution in [0.2, 0.25) is 0 Å². The Morgan fingerprint density at radius 2 is 1.76 bits per heavy atom. The van der Waals surface area contributed by atoms with Gasteiger partial charge < -0.3 is 16.0 Å². The fraction of sp³-hybridized carbons (Fsp3) is 0.632. The van der Waals surface area contributed by atoms with Crippen molar-refractivity contribution in [3.63, 3.8) is 0 Å². The Hall–Kier alpha value is -1.66. The van der Waals surface area contributed by atoms with Crippen molar-refractivity contribution in [3.05, 3.63) is 30.1 Å². The van der Waals surface area contributed by atoms with Gasteiger partial charge in [0.1, 0.15) is 5.82 Å². The Balaban J connectivity index is 1.73. The number of halogens is 1. The van der Waals surface area contributed by atoms with Crippen molar-refractivity contribution in [1.29, 1.82) is 0 Å². The molecule has 1 aromatic carbocycles. The van der Waals surface area contributed by atoms with Gasteiger partial charge in [0.05, 0.1) is 5.41 Å². The predicted octanol–water partition coefficient (Wildman–Crippen LogP) is 1.83. The normalized spacial score (nSPS) is 16.1. The van der Waals surface area contributed by atoms with Gasteiger partial charge in [-0.25, -0.2) is 4.39 Å². The summed E-state index contributed by atoms with van der Waals surface area (Å²) in [7, 11) is 0. The Morgan fingerprint density at radius 1 is 1.16 bits per heavy atom. The first kappa shape index (κ1) is 19.7. The number of hydrogen-bond acceptors (Lipinski definition) is 4. The van der Waals surface area contributed by atoms with Gasteiger partial charge in [-0.05, 0) is 37.1 Å². The second-order valence-electron chi connectivity index (χ2n) is 6.75. The molecule has 0 unspecified atom stereocenters. The van der Waals surface area contributed by atoms with Gasteiger partial charge in [0.2, 0.25) is 5.91 Å². The van der Waals surface area contributed by atoms with Crippen LogP contribution in [0.5, 0.6) is 0 Å². The van der Waals surface area contributed by atoms with Gasteiger partial charge in [-0.2, -0.15) is 0 Å². The van der Waals surface area contributed by atoms with E-state index in [9.17, 15) is 9.18 Å². The number of benzene rings is 1. The molecule has 1 fully saturated rings. The monoisotopic (exact) mass is 350 g/mol. The highest BCUT2D eigenvalue weighted by molar-refractivity contribution is 5.82. The lowest BCUT2D eigenvalue weighted by Gasteiger charge is -2.36. The average molecular weight is 350 g/mol. The summed E-state index contributed by atoms with van der Waals surface area (Å²) in [6.45, 7) is 9.63. The van der Waals surface area contributed by atoms with Gasteiger partial charge in [0.25, 0.3) is 0 Å². The minimum Gasteiger partial charge on any atom is -0.369 e. The summed E-state index contributed by atoms with van der Waals surface area (Å²) in [5.74, 6) is -0.129. The van der Waals surface area contributed by atoms with Crippen LogP contribution < -0.4 is 16.0 Å². The molecule has 1 aromatic rings. The quantitative estimate of drug-likeness (QED) is 0.751. The zero-order valence-corrected chi connectivity index (χ0v) is 15.4. The lowest BCUT2D eigenvalue weighted by molar-refractivity contribution is -0.131. The number of anilines is 1. The van der Waals surface area contributed by atoms with Crippen molar-refractivity contribution >= 4 is 11.6 Å². The molecule has 1 aliphatic rings. The summed E-state index contributed by atoms with van der Waals surface area (Å²) in [5.41, 5.74) is 6.46. The van der Waals surface area contributed by atoms with Crippen LogP contribution in [0.15, 0.2) is 24.3 Å². The minimum absolute atomic E-state index is 0.0740. The SMILES string of the molecule is CCC(CC)(CN)C(=O)NCCN1CCN(c2ccc(F)cc2)CC1. The highest BCUT2D eigenvalue weighted by atomic mass is 19.1. The molecular weight excluding hydrogens is 319 g/mol. The first-order valence-electron chi connectivity index (χ1n) is 9.26. The van der Waals surface area contributed by atoms with Gasteiger partial charge in [-0.1, -0.05) is 13.8 Å². The maximum Gasteiger partial charge on any atom is 0.227 e. The number of rotatable bonds is 8. The molecule has 2 rings (SSSR count).